The average molecular weight is 388 g/mol. The second-order valence-electron chi connectivity index (χ2n) is 6.01. The third-order valence-corrected chi connectivity index (χ3v) is 6.53. The molecule has 5 rings (SSSR count). The van der Waals surface area contributed by atoms with Crippen LogP contribution in [0.25, 0.3) is 10.2 Å². The molecule has 3 aromatic carbocycles. The smallest absolute Gasteiger partial charge is 0.266 e. The van der Waals surface area contributed by atoms with Gasteiger partial charge in [-0.05, 0) is 36.4 Å². The second-order valence-corrected chi connectivity index (χ2v) is 8.33. The highest BCUT2D eigenvalue weighted by Crippen LogP contribution is 2.41. The molecule has 0 radical (unpaired) electrons. The van der Waals surface area contributed by atoms with E-state index in [1.165, 1.54) is 16.7 Å². The Labute approximate surface area is 163 Å². The molecule has 1 aliphatic rings. The molecule has 0 spiro atoms. The predicted octanol–water partition coefficient (Wildman–Crippen LogP) is 5.25. The van der Waals surface area contributed by atoms with Crippen LogP contribution in [0, 0.1) is 0 Å². The molecule has 4 aromatic rings. The summed E-state index contributed by atoms with van der Waals surface area (Å²) < 4.78 is 1.98. The number of carbonyl (C=O) groups is 2. The Morgan fingerprint density at radius 1 is 0.778 bits per heavy atom. The first-order chi connectivity index (χ1) is 13.2. The number of benzene rings is 3. The Bertz CT molecular complexity index is 1150. The topological polar surface area (TPSA) is 50.3 Å². The maximum atomic E-state index is 12.8. The zero-order valence-corrected chi connectivity index (χ0v) is 15.6. The van der Waals surface area contributed by atoms with E-state index in [0.717, 1.165) is 19.5 Å². The molecule has 27 heavy (non-hydrogen) atoms. The number of thiazole rings is 1. The van der Waals surface area contributed by atoms with Crippen LogP contribution in [0.15, 0.2) is 82.0 Å². The van der Waals surface area contributed by atoms with Crippen molar-refractivity contribution in [3.8, 4) is 0 Å². The van der Waals surface area contributed by atoms with Crippen molar-refractivity contribution < 1.29 is 9.59 Å². The molecule has 0 bridgehead atoms. The highest BCUT2D eigenvalue weighted by molar-refractivity contribution is 8.01. The molecule has 0 fully saturated rings. The number of amides is 2. The molecule has 0 aliphatic carbocycles. The Morgan fingerprint density at radius 2 is 1.41 bits per heavy atom. The Hall–Kier alpha value is -2.96. The van der Waals surface area contributed by atoms with Gasteiger partial charge >= 0.3 is 0 Å². The van der Waals surface area contributed by atoms with Gasteiger partial charge in [-0.15, -0.1) is 11.3 Å². The normalized spacial score (nSPS) is 13.4. The van der Waals surface area contributed by atoms with Gasteiger partial charge in [0.1, 0.15) is 0 Å². The molecule has 6 heteroatoms. The highest BCUT2D eigenvalue weighted by Gasteiger charge is 2.37. The summed E-state index contributed by atoms with van der Waals surface area (Å²) in [6.07, 6.45) is 0. The number of hydrogen-bond donors (Lipinski definition) is 0. The van der Waals surface area contributed by atoms with Gasteiger partial charge in [-0.3, -0.25) is 9.59 Å². The minimum atomic E-state index is -0.284. The van der Waals surface area contributed by atoms with E-state index in [-0.39, 0.29) is 11.8 Å². The van der Waals surface area contributed by atoms with E-state index in [1.807, 2.05) is 42.5 Å². The van der Waals surface area contributed by atoms with E-state index < -0.39 is 0 Å². The number of carbonyl (C=O) groups excluding carboxylic acids is 2. The van der Waals surface area contributed by atoms with Crippen LogP contribution in [0.1, 0.15) is 20.7 Å². The minimum absolute atomic E-state index is 0.284. The number of nitrogens with zero attached hydrogens (tertiary/aromatic N) is 2. The second kappa shape index (κ2) is 6.33. The molecular formula is C21H12N2O2S2. The van der Waals surface area contributed by atoms with Crippen LogP contribution in [0.3, 0.4) is 0 Å². The fourth-order valence-corrected chi connectivity index (χ4v) is 5.27. The molecule has 2 amide bonds. The first kappa shape index (κ1) is 16.2. The van der Waals surface area contributed by atoms with Crippen molar-refractivity contribution >= 4 is 50.8 Å². The maximum absolute atomic E-state index is 12.8. The molecule has 4 nitrogen and oxygen atoms in total. The summed E-state index contributed by atoms with van der Waals surface area (Å²) >= 11 is 3.07. The number of fused-ring (bicyclic) bond motifs is 2. The molecule has 0 saturated heterocycles. The Kier molecular flexibility index (Phi) is 3.81. The number of aromatic nitrogens is 1. The third kappa shape index (κ3) is 2.65. The van der Waals surface area contributed by atoms with Crippen LogP contribution < -0.4 is 4.90 Å². The summed E-state index contributed by atoms with van der Waals surface area (Å²) in [6.45, 7) is 0. The van der Waals surface area contributed by atoms with Gasteiger partial charge in [-0.2, -0.15) is 0 Å². The van der Waals surface area contributed by atoms with Gasteiger partial charge in [0.25, 0.3) is 11.8 Å². The number of para-hydroxylation sites is 2. The Balaban J connectivity index is 1.55. The zero-order valence-electron chi connectivity index (χ0n) is 14.0. The fourth-order valence-electron chi connectivity index (χ4n) is 3.13. The molecule has 1 aromatic heterocycles. The van der Waals surface area contributed by atoms with Gasteiger partial charge in [-0.1, -0.05) is 48.2 Å². The standard InChI is InChI=1S/C21H12N2O2S2/c24-19-13-7-1-2-8-14(13)20(25)23(19)16-10-4-6-12-18(16)27-21-22-15-9-3-5-11-17(15)26-21/h1-12H. The van der Waals surface area contributed by atoms with Crippen molar-refractivity contribution in [1.29, 1.82) is 0 Å². The van der Waals surface area contributed by atoms with Crippen molar-refractivity contribution in [1.82, 2.24) is 4.98 Å². The summed E-state index contributed by atoms with van der Waals surface area (Å²) in [4.78, 5) is 32.4. The fraction of sp³-hybridized carbons (Fsp3) is 0. The van der Waals surface area contributed by atoms with Crippen molar-refractivity contribution in [3.05, 3.63) is 83.9 Å². The molecule has 1 aliphatic heterocycles. The van der Waals surface area contributed by atoms with E-state index in [1.54, 1.807) is 41.7 Å². The van der Waals surface area contributed by atoms with E-state index in [2.05, 4.69) is 4.98 Å². The van der Waals surface area contributed by atoms with E-state index in [9.17, 15) is 9.59 Å². The average Bonchev–Trinajstić information content (AvgIpc) is 3.21. The monoisotopic (exact) mass is 388 g/mol. The SMILES string of the molecule is O=C1c2ccccc2C(=O)N1c1ccccc1Sc1nc2ccccc2s1. The van der Waals surface area contributed by atoms with E-state index >= 15 is 0 Å². The lowest BCUT2D eigenvalue weighted by Crippen LogP contribution is -2.29. The summed E-state index contributed by atoms with van der Waals surface area (Å²) in [5.41, 5.74) is 2.43. The van der Waals surface area contributed by atoms with E-state index in [0.29, 0.717) is 16.8 Å². The molecule has 2 heterocycles. The van der Waals surface area contributed by atoms with Crippen LogP contribution in [-0.4, -0.2) is 16.8 Å². The number of imide groups is 1. The largest absolute Gasteiger partial charge is 0.268 e. The van der Waals surface area contributed by atoms with Crippen molar-refractivity contribution in [2.75, 3.05) is 4.90 Å². The summed E-state index contributed by atoms with van der Waals surface area (Å²) in [5, 5.41) is 0. The van der Waals surface area contributed by atoms with Crippen molar-refractivity contribution in [2.45, 2.75) is 9.24 Å². The zero-order chi connectivity index (χ0) is 18.4. The molecule has 0 atom stereocenters. The molecule has 0 unspecified atom stereocenters. The molecule has 0 N–H and O–H groups in total. The third-order valence-electron chi connectivity index (χ3n) is 4.37. The van der Waals surface area contributed by atoms with Crippen molar-refractivity contribution in [2.24, 2.45) is 0 Å². The molecule has 130 valence electrons. The highest BCUT2D eigenvalue weighted by atomic mass is 32.2. The molecule has 0 saturated carbocycles. The van der Waals surface area contributed by atoms with Gasteiger partial charge in [0, 0.05) is 4.90 Å². The van der Waals surface area contributed by atoms with Gasteiger partial charge in [0.05, 0.1) is 27.0 Å². The summed E-state index contributed by atoms with van der Waals surface area (Å²) in [6, 6.07) is 22.3. The lowest BCUT2D eigenvalue weighted by Gasteiger charge is -2.17. The first-order valence-corrected chi connectivity index (χ1v) is 9.96. The van der Waals surface area contributed by atoms with Crippen molar-refractivity contribution in [3.63, 3.8) is 0 Å². The first-order valence-electron chi connectivity index (χ1n) is 8.32. The quantitative estimate of drug-likeness (QED) is 0.450. The lowest BCUT2D eigenvalue weighted by atomic mass is 10.1. The van der Waals surface area contributed by atoms with Crippen LogP contribution in [0.4, 0.5) is 5.69 Å². The van der Waals surface area contributed by atoms with Gasteiger partial charge in [0.15, 0.2) is 4.34 Å². The summed E-state index contributed by atoms with van der Waals surface area (Å²) in [7, 11) is 0. The van der Waals surface area contributed by atoms with E-state index in [4.69, 9.17) is 0 Å². The molecular weight excluding hydrogens is 376 g/mol. The number of hydrogen-bond acceptors (Lipinski definition) is 5. The Morgan fingerprint density at radius 3 is 2.15 bits per heavy atom. The number of rotatable bonds is 3. The van der Waals surface area contributed by atoms with Crippen LogP contribution in [-0.2, 0) is 0 Å². The van der Waals surface area contributed by atoms with Gasteiger partial charge in [-0.25, -0.2) is 9.88 Å². The lowest BCUT2D eigenvalue weighted by molar-refractivity contribution is 0.0925. The maximum Gasteiger partial charge on any atom is 0.266 e. The minimum Gasteiger partial charge on any atom is -0.268 e. The number of anilines is 1. The van der Waals surface area contributed by atoms with Crippen LogP contribution in [0.2, 0.25) is 0 Å². The summed E-state index contributed by atoms with van der Waals surface area (Å²) in [5.74, 6) is -0.569. The van der Waals surface area contributed by atoms with Gasteiger partial charge < -0.3 is 0 Å². The van der Waals surface area contributed by atoms with Crippen LogP contribution >= 0.6 is 23.1 Å². The van der Waals surface area contributed by atoms with Crippen LogP contribution in [0.5, 0.6) is 0 Å². The van der Waals surface area contributed by atoms with Gasteiger partial charge in [0.2, 0.25) is 0 Å². The predicted molar refractivity (Wildman–Crippen MR) is 108 cm³/mol.